The molecule has 0 aromatic carbocycles. The fourth-order valence-electron chi connectivity index (χ4n) is 1.77. The van der Waals surface area contributed by atoms with Gasteiger partial charge in [-0.15, -0.1) is 0 Å². The van der Waals surface area contributed by atoms with E-state index in [-0.39, 0.29) is 0 Å². The Balaban J connectivity index is 1.99. The van der Waals surface area contributed by atoms with Gasteiger partial charge in [0.05, 0.1) is 13.2 Å². The molecule has 0 radical (unpaired) electrons. The van der Waals surface area contributed by atoms with Crippen LogP contribution in [0.2, 0.25) is 0 Å². The Hall–Kier alpha value is -1.71. The monoisotopic (exact) mass is 303 g/mol. The molecule has 1 fully saturated rings. The van der Waals surface area contributed by atoms with E-state index in [9.17, 15) is 14.4 Å². The molecule has 0 saturated carbocycles. The number of nitrogens with one attached hydrogen (secondary N) is 2. The number of carbonyl (C=O) groups is 3. The fourth-order valence-corrected chi connectivity index (χ4v) is 1.77. The molecule has 3 amide bonds. The number of rotatable bonds is 8. The third-order valence-electron chi connectivity index (χ3n) is 2.75. The summed E-state index contributed by atoms with van der Waals surface area (Å²) in [5.74, 6) is -1.85. The summed E-state index contributed by atoms with van der Waals surface area (Å²) in [5, 5.41) is 12.9. The van der Waals surface area contributed by atoms with Crippen LogP contribution in [0.5, 0.6) is 0 Å². The first-order valence-corrected chi connectivity index (χ1v) is 6.75. The normalized spacial score (nSPS) is 15.4. The standard InChI is InChI=1S/C12H21N3O6/c16-10(8-21-9-11(17)18)14-12(19)13-2-1-3-15-4-6-20-7-5-15/h1-9H2,(H,17,18)(H2,13,14,16,19). The van der Waals surface area contributed by atoms with Crippen LogP contribution in [0.1, 0.15) is 6.42 Å². The predicted octanol–water partition coefficient (Wildman–Crippen LogP) is -1.36. The Morgan fingerprint density at radius 3 is 2.57 bits per heavy atom. The summed E-state index contributed by atoms with van der Waals surface area (Å²) >= 11 is 0. The van der Waals surface area contributed by atoms with Crippen LogP contribution in [0.15, 0.2) is 0 Å². The van der Waals surface area contributed by atoms with Crippen molar-refractivity contribution < 1.29 is 29.0 Å². The van der Waals surface area contributed by atoms with Gasteiger partial charge in [-0.3, -0.25) is 15.0 Å². The van der Waals surface area contributed by atoms with Crippen molar-refractivity contribution in [2.75, 3.05) is 52.6 Å². The lowest BCUT2D eigenvalue weighted by molar-refractivity contribution is -0.143. The minimum atomic E-state index is -1.17. The lowest BCUT2D eigenvalue weighted by Gasteiger charge is -2.26. The van der Waals surface area contributed by atoms with E-state index in [0.29, 0.717) is 6.54 Å². The van der Waals surface area contributed by atoms with Gasteiger partial charge in [0, 0.05) is 19.6 Å². The minimum absolute atomic E-state index is 0.451. The van der Waals surface area contributed by atoms with Gasteiger partial charge in [0.1, 0.15) is 13.2 Å². The molecule has 1 heterocycles. The number of aliphatic carboxylic acids is 1. The third-order valence-corrected chi connectivity index (χ3v) is 2.75. The van der Waals surface area contributed by atoms with Crippen LogP contribution < -0.4 is 10.6 Å². The molecule has 120 valence electrons. The number of hydrogen-bond acceptors (Lipinski definition) is 6. The molecule has 1 rings (SSSR count). The van der Waals surface area contributed by atoms with Gasteiger partial charge >= 0.3 is 12.0 Å². The van der Waals surface area contributed by atoms with Crippen molar-refractivity contribution in [2.45, 2.75) is 6.42 Å². The molecule has 1 saturated heterocycles. The first-order chi connectivity index (χ1) is 10.1. The second kappa shape index (κ2) is 10.1. The molecule has 0 unspecified atom stereocenters. The van der Waals surface area contributed by atoms with E-state index in [1.165, 1.54) is 0 Å². The van der Waals surface area contributed by atoms with Gasteiger partial charge in [0.15, 0.2) is 0 Å². The number of carboxylic acids is 1. The maximum atomic E-state index is 11.4. The molecule has 1 aliphatic rings. The summed E-state index contributed by atoms with van der Waals surface area (Å²) in [6.45, 7) is 3.53. The summed E-state index contributed by atoms with van der Waals surface area (Å²) in [6, 6.07) is -0.610. The van der Waals surface area contributed by atoms with Crippen molar-refractivity contribution >= 4 is 17.9 Å². The zero-order valence-corrected chi connectivity index (χ0v) is 11.8. The van der Waals surface area contributed by atoms with Gasteiger partial charge in [-0.2, -0.15) is 0 Å². The van der Waals surface area contributed by atoms with E-state index in [1.54, 1.807) is 0 Å². The number of morpholine rings is 1. The van der Waals surface area contributed by atoms with Crippen LogP contribution in [0.3, 0.4) is 0 Å². The van der Waals surface area contributed by atoms with Crippen molar-refractivity contribution in [1.82, 2.24) is 15.5 Å². The number of carboxylic acid groups (broad SMARTS) is 1. The molecule has 0 aromatic heterocycles. The highest BCUT2D eigenvalue weighted by molar-refractivity contribution is 5.94. The van der Waals surface area contributed by atoms with Gasteiger partial charge in [-0.1, -0.05) is 0 Å². The molecule has 0 spiro atoms. The van der Waals surface area contributed by atoms with Crippen LogP contribution in [0.25, 0.3) is 0 Å². The second-order valence-electron chi connectivity index (χ2n) is 4.50. The number of imide groups is 1. The number of carbonyl (C=O) groups excluding carboxylic acids is 2. The summed E-state index contributed by atoms with van der Waals surface area (Å²) in [4.78, 5) is 35.0. The largest absolute Gasteiger partial charge is 0.480 e. The molecule has 21 heavy (non-hydrogen) atoms. The molecule has 0 aliphatic carbocycles. The lowest BCUT2D eigenvalue weighted by Crippen LogP contribution is -2.43. The van der Waals surface area contributed by atoms with Crippen LogP contribution in [-0.2, 0) is 19.1 Å². The number of nitrogens with zero attached hydrogens (tertiary/aromatic N) is 1. The Kier molecular flexibility index (Phi) is 8.32. The predicted molar refractivity (Wildman–Crippen MR) is 71.9 cm³/mol. The molecule has 0 atom stereocenters. The second-order valence-corrected chi connectivity index (χ2v) is 4.50. The average Bonchev–Trinajstić information content (AvgIpc) is 2.44. The Bertz CT molecular complexity index is 357. The molecule has 0 aromatic rings. The van der Waals surface area contributed by atoms with Crippen LogP contribution in [-0.4, -0.2) is 80.5 Å². The van der Waals surface area contributed by atoms with Crippen molar-refractivity contribution in [3.63, 3.8) is 0 Å². The average molecular weight is 303 g/mol. The maximum absolute atomic E-state index is 11.4. The van der Waals surface area contributed by atoms with Crippen molar-refractivity contribution in [1.29, 1.82) is 0 Å². The fraction of sp³-hybridized carbons (Fsp3) is 0.750. The molecule has 3 N–H and O–H groups in total. The zero-order chi connectivity index (χ0) is 15.5. The Labute approximate surface area is 122 Å². The highest BCUT2D eigenvalue weighted by Gasteiger charge is 2.10. The van der Waals surface area contributed by atoms with Gasteiger partial charge in [0.25, 0.3) is 5.91 Å². The molecular formula is C12H21N3O6. The molecule has 9 heteroatoms. The van der Waals surface area contributed by atoms with Gasteiger partial charge in [-0.05, 0) is 13.0 Å². The van der Waals surface area contributed by atoms with E-state index in [4.69, 9.17) is 9.84 Å². The summed E-state index contributed by atoms with van der Waals surface area (Å²) in [5.41, 5.74) is 0. The van der Waals surface area contributed by atoms with Gasteiger partial charge < -0.3 is 19.9 Å². The van der Waals surface area contributed by atoms with Crippen LogP contribution in [0, 0.1) is 0 Å². The molecular weight excluding hydrogens is 282 g/mol. The number of ether oxygens (including phenoxy) is 2. The van der Waals surface area contributed by atoms with Gasteiger partial charge in [0.2, 0.25) is 0 Å². The Morgan fingerprint density at radius 1 is 1.19 bits per heavy atom. The maximum Gasteiger partial charge on any atom is 0.329 e. The molecule has 1 aliphatic heterocycles. The van der Waals surface area contributed by atoms with E-state index in [0.717, 1.165) is 39.3 Å². The first-order valence-electron chi connectivity index (χ1n) is 6.75. The highest BCUT2D eigenvalue weighted by atomic mass is 16.5. The number of urea groups is 1. The summed E-state index contributed by atoms with van der Waals surface area (Å²) in [6.07, 6.45) is 0.775. The van der Waals surface area contributed by atoms with Crippen molar-refractivity contribution in [3.8, 4) is 0 Å². The zero-order valence-electron chi connectivity index (χ0n) is 11.8. The number of hydrogen-bond donors (Lipinski definition) is 3. The van der Waals surface area contributed by atoms with Crippen LogP contribution in [0.4, 0.5) is 4.79 Å². The SMILES string of the molecule is O=C(O)COCC(=O)NC(=O)NCCCN1CCOCC1. The van der Waals surface area contributed by atoms with Gasteiger partial charge in [-0.25, -0.2) is 9.59 Å². The highest BCUT2D eigenvalue weighted by Crippen LogP contribution is 1.97. The summed E-state index contributed by atoms with van der Waals surface area (Å²) in [7, 11) is 0. The van der Waals surface area contributed by atoms with E-state index in [1.807, 2.05) is 0 Å². The molecule has 0 bridgehead atoms. The van der Waals surface area contributed by atoms with E-state index in [2.05, 4.69) is 20.3 Å². The molecule has 9 nitrogen and oxygen atoms in total. The minimum Gasteiger partial charge on any atom is -0.480 e. The smallest absolute Gasteiger partial charge is 0.329 e. The quantitative estimate of drug-likeness (QED) is 0.474. The third kappa shape index (κ3) is 8.95. The van der Waals surface area contributed by atoms with Crippen molar-refractivity contribution in [3.05, 3.63) is 0 Å². The van der Waals surface area contributed by atoms with E-state index >= 15 is 0 Å². The lowest BCUT2D eigenvalue weighted by atomic mass is 10.3. The van der Waals surface area contributed by atoms with Crippen LogP contribution >= 0.6 is 0 Å². The van der Waals surface area contributed by atoms with E-state index < -0.39 is 31.1 Å². The Morgan fingerprint density at radius 2 is 1.90 bits per heavy atom. The summed E-state index contributed by atoms with van der Waals surface area (Å²) < 4.78 is 9.78. The number of amides is 3. The van der Waals surface area contributed by atoms with Crippen molar-refractivity contribution in [2.24, 2.45) is 0 Å². The first kappa shape index (κ1) is 17.3. The topological polar surface area (TPSA) is 117 Å².